The fourth-order valence-electron chi connectivity index (χ4n) is 4.41. The molecule has 1 fully saturated rings. The van der Waals surface area contributed by atoms with Gasteiger partial charge in [0.1, 0.15) is 24.0 Å². The summed E-state index contributed by atoms with van der Waals surface area (Å²) in [6.07, 6.45) is 1.63. The summed E-state index contributed by atoms with van der Waals surface area (Å²) in [6.45, 7) is 8.03. The van der Waals surface area contributed by atoms with E-state index >= 15 is 0 Å². The predicted molar refractivity (Wildman–Crippen MR) is 130 cm³/mol. The Kier molecular flexibility index (Phi) is 7.91. The van der Waals surface area contributed by atoms with Gasteiger partial charge in [-0.1, -0.05) is 24.8 Å². The molecule has 0 saturated carbocycles. The van der Waals surface area contributed by atoms with Gasteiger partial charge in [-0.25, -0.2) is 4.79 Å². The van der Waals surface area contributed by atoms with E-state index in [4.69, 9.17) is 9.47 Å². The Morgan fingerprint density at radius 3 is 2.40 bits per heavy atom. The van der Waals surface area contributed by atoms with Crippen LogP contribution in [0.1, 0.15) is 43.7 Å². The summed E-state index contributed by atoms with van der Waals surface area (Å²) in [5.74, 6) is -3.21. The third kappa shape index (κ3) is 5.05. The highest BCUT2D eigenvalue weighted by Crippen LogP contribution is 2.39. The van der Waals surface area contributed by atoms with Gasteiger partial charge >= 0.3 is 5.97 Å². The van der Waals surface area contributed by atoms with Gasteiger partial charge in [-0.2, -0.15) is 0 Å². The Bertz CT molecular complexity index is 1150. The second kappa shape index (κ2) is 10.7. The second-order valence-corrected chi connectivity index (χ2v) is 8.74. The number of esters is 1. The number of methoxy groups -OCH3 is 1. The van der Waals surface area contributed by atoms with E-state index in [1.165, 1.54) is 12.0 Å². The molecule has 2 heterocycles. The normalized spacial score (nSPS) is 17.7. The third-order valence-electron chi connectivity index (χ3n) is 6.14. The maximum Gasteiger partial charge on any atom is 0.354 e. The van der Waals surface area contributed by atoms with Crippen molar-refractivity contribution in [1.29, 1.82) is 0 Å². The van der Waals surface area contributed by atoms with Crippen LogP contribution in [0.5, 0.6) is 5.75 Å². The minimum absolute atomic E-state index is 0.148. The molecule has 1 aliphatic heterocycles. The van der Waals surface area contributed by atoms with Crippen LogP contribution in [0.15, 0.2) is 36.9 Å². The standard InChI is InChI=1S/C26H31N3O6/c1-7-14-35-18-10-8-17(9-11-18)22-20(24(31)25(32)29(22)13-12-28(4)5)23(30)19-15(2)21(26(33)34-6)27-16(19)3/h7-11,20,22,27H,1,12-14H2,2-6H3. The Morgan fingerprint density at radius 1 is 1.17 bits per heavy atom. The number of nitrogens with one attached hydrogen (secondary N) is 1. The van der Waals surface area contributed by atoms with Gasteiger partial charge in [0.25, 0.3) is 5.91 Å². The number of carbonyl (C=O) groups excluding carboxylic acids is 4. The fourth-order valence-corrected chi connectivity index (χ4v) is 4.41. The number of aromatic nitrogens is 1. The molecule has 1 N–H and O–H groups in total. The van der Waals surface area contributed by atoms with Crippen LogP contribution in [0.3, 0.4) is 0 Å². The van der Waals surface area contributed by atoms with Gasteiger partial charge in [0.15, 0.2) is 5.78 Å². The van der Waals surface area contributed by atoms with E-state index in [1.807, 2.05) is 19.0 Å². The van der Waals surface area contributed by atoms with E-state index < -0.39 is 35.4 Å². The summed E-state index contributed by atoms with van der Waals surface area (Å²) < 4.78 is 10.3. The molecule has 2 aromatic rings. The lowest BCUT2D eigenvalue weighted by molar-refractivity contribution is -0.140. The third-order valence-corrected chi connectivity index (χ3v) is 6.14. The minimum atomic E-state index is -1.25. The lowest BCUT2D eigenvalue weighted by atomic mass is 9.85. The molecule has 1 saturated heterocycles. The molecule has 1 aromatic carbocycles. The van der Waals surface area contributed by atoms with E-state index in [1.54, 1.807) is 44.2 Å². The highest BCUT2D eigenvalue weighted by Gasteiger charge is 2.52. The lowest BCUT2D eigenvalue weighted by Gasteiger charge is -2.28. The molecule has 0 radical (unpaired) electrons. The van der Waals surface area contributed by atoms with Crippen LogP contribution < -0.4 is 4.74 Å². The van der Waals surface area contributed by atoms with Gasteiger partial charge in [0.2, 0.25) is 5.78 Å². The fraction of sp³-hybridized carbons (Fsp3) is 0.385. The zero-order valence-corrected chi connectivity index (χ0v) is 20.7. The Balaban J connectivity index is 2.07. The van der Waals surface area contributed by atoms with Crippen LogP contribution in [-0.4, -0.2) is 79.1 Å². The molecule has 2 unspecified atom stereocenters. The van der Waals surface area contributed by atoms with E-state index in [0.29, 0.717) is 35.7 Å². The van der Waals surface area contributed by atoms with Crippen molar-refractivity contribution in [2.45, 2.75) is 19.9 Å². The Hall–Kier alpha value is -3.72. The number of ether oxygens (including phenoxy) is 2. The molecule has 9 heteroatoms. The van der Waals surface area contributed by atoms with E-state index in [0.717, 1.165) is 0 Å². The SMILES string of the molecule is C=CCOc1ccc(C2C(C(=O)c3c(C)[nH]c(C(=O)OC)c3C)C(=O)C(=O)N2CCN(C)C)cc1. The molecule has 35 heavy (non-hydrogen) atoms. The average molecular weight is 482 g/mol. The number of likely N-dealkylation sites (N-methyl/N-ethyl adjacent to an activating group) is 1. The summed E-state index contributed by atoms with van der Waals surface area (Å²) in [6, 6.07) is 6.20. The molecule has 0 bridgehead atoms. The highest BCUT2D eigenvalue weighted by molar-refractivity contribution is 6.44. The molecule has 1 aromatic heterocycles. The van der Waals surface area contributed by atoms with Crippen molar-refractivity contribution in [1.82, 2.24) is 14.8 Å². The van der Waals surface area contributed by atoms with Crippen molar-refractivity contribution in [2.75, 3.05) is 40.9 Å². The summed E-state index contributed by atoms with van der Waals surface area (Å²) in [5.41, 5.74) is 1.84. The largest absolute Gasteiger partial charge is 0.490 e. The van der Waals surface area contributed by atoms with Crippen LogP contribution in [0, 0.1) is 19.8 Å². The molecule has 1 aliphatic rings. The zero-order chi connectivity index (χ0) is 25.9. The van der Waals surface area contributed by atoms with Crippen molar-refractivity contribution in [3.63, 3.8) is 0 Å². The van der Waals surface area contributed by atoms with Gasteiger partial charge < -0.3 is 24.3 Å². The lowest BCUT2D eigenvalue weighted by Crippen LogP contribution is -2.36. The maximum atomic E-state index is 13.8. The first-order valence-electron chi connectivity index (χ1n) is 11.3. The highest BCUT2D eigenvalue weighted by atomic mass is 16.5. The quantitative estimate of drug-likeness (QED) is 0.183. The second-order valence-electron chi connectivity index (χ2n) is 8.74. The first-order valence-corrected chi connectivity index (χ1v) is 11.3. The number of rotatable bonds is 10. The number of carbonyl (C=O) groups is 4. The Labute approximate surface area is 204 Å². The number of ketones is 2. The number of benzene rings is 1. The van der Waals surface area contributed by atoms with Crippen LogP contribution in [-0.2, 0) is 14.3 Å². The number of hydrogen-bond acceptors (Lipinski definition) is 7. The Morgan fingerprint density at radius 2 is 1.83 bits per heavy atom. The predicted octanol–water partition coefficient (Wildman–Crippen LogP) is 2.50. The number of H-pyrrole nitrogens is 1. The number of aryl methyl sites for hydroxylation is 1. The maximum absolute atomic E-state index is 13.8. The first kappa shape index (κ1) is 25.9. The molecular weight excluding hydrogens is 450 g/mol. The average Bonchev–Trinajstić information content (AvgIpc) is 3.27. The van der Waals surface area contributed by atoms with Gasteiger partial charge in [-0.3, -0.25) is 14.4 Å². The van der Waals surface area contributed by atoms with Crippen molar-refractivity contribution in [3.05, 3.63) is 65.0 Å². The van der Waals surface area contributed by atoms with Gasteiger partial charge in [-0.05, 0) is 51.2 Å². The molecular formula is C26H31N3O6. The van der Waals surface area contributed by atoms with Crippen LogP contribution in [0.4, 0.5) is 0 Å². The first-order chi connectivity index (χ1) is 16.6. The molecule has 0 spiro atoms. The number of amides is 1. The molecule has 186 valence electrons. The number of aromatic amines is 1. The van der Waals surface area contributed by atoms with Crippen molar-refractivity contribution in [2.24, 2.45) is 5.92 Å². The topological polar surface area (TPSA) is 109 Å². The number of hydrogen-bond donors (Lipinski definition) is 1. The molecule has 3 rings (SSSR count). The summed E-state index contributed by atoms with van der Waals surface area (Å²) in [4.78, 5) is 58.5. The monoisotopic (exact) mass is 481 g/mol. The number of Topliss-reactive ketones (excluding diaryl/α,β-unsaturated/α-hetero) is 2. The van der Waals surface area contributed by atoms with Gasteiger partial charge in [-0.15, -0.1) is 0 Å². The van der Waals surface area contributed by atoms with Crippen molar-refractivity contribution in [3.8, 4) is 5.75 Å². The molecule has 9 nitrogen and oxygen atoms in total. The smallest absolute Gasteiger partial charge is 0.354 e. The van der Waals surface area contributed by atoms with Gasteiger partial charge in [0.05, 0.1) is 13.2 Å². The van der Waals surface area contributed by atoms with Crippen LogP contribution in [0.25, 0.3) is 0 Å². The van der Waals surface area contributed by atoms with Crippen LogP contribution in [0.2, 0.25) is 0 Å². The number of nitrogens with zero attached hydrogens (tertiary/aromatic N) is 2. The van der Waals surface area contributed by atoms with Gasteiger partial charge in [0, 0.05) is 24.3 Å². The zero-order valence-electron chi connectivity index (χ0n) is 20.7. The van der Waals surface area contributed by atoms with E-state index in [-0.39, 0.29) is 17.8 Å². The molecule has 2 atom stereocenters. The minimum Gasteiger partial charge on any atom is -0.490 e. The van der Waals surface area contributed by atoms with Crippen molar-refractivity contribution >= 4 is 23.4 Å². The molecule has 0 aliphatic carbocycles. The summed E-state index contributed by atoms with van der Waals surface area (Å²) >= 11 is 0. The van der Waals surface area contributed by atoms with Crippen LogP contribution >= 0.6 is 0 Å². The number of likely N-dealkylation sites (tertiary alicyclic amines) is 1. The summed E-state index contributed by atoms with van der Waals surface area (Å²) in [5, 5.41) is 0. The molecule has 1 amide bonds. The van der Waals surface area contributed by atoms with Crippen molar-refractivity contribution < 1.29 is 28.7 Å². The summed E-state index contributed by atoms with van der Waals surface area (Å²) in [7, 11) is 4.99. The van der Waals surface area contributed by atoms with E-state index in [2.05, 4.69) is 11.6 Å². The van der Waals surface area contributed by atoms with E-state index in [9.17, 15) is 19.2 Å².